The summed E-state index contributed by atoms with van der Waals surface area (Å²) in [6, 6.07) is -0.313. The summed E-state index contributed by atoms with van der Waals surface area (Å²) in [5.41, 5.74) is 6.30. The Kier molecular flexibility index (Phi) is 1.59. The predicted octanol–water partition coefficient (Wildman–Crippen LogP) is 1.51. The molecule has 0 saturated heterocycles. The molecule has 0 bridgehead atoms. The highest BCUT2D eigenvalue weighted by molar-refractivity contribution is 8.02. The van der Waals surface area contributed by atoms with E-state index in [1.807, 2.05) is 29.8 Å². The van der Waals surface area contributed by atoms with Crippen LogP contribution in [0.4, 0.5) is 4.79 Å². The maximum absolute atomic E-state index is 11.2. The number of carbonyl (C=O) groups is 1. The third-order valence-electron chi connectivity index (χ3n) is 2.07. The zero-order valence-corrected chi connectivity index (χ0v) is 7.25. The molecule has 0 fully saturated rings. The number of rotatable bonds is 0. The minimum atomic E-state index is -0.313. The first-order chi connectivity index (χ1) is 5.76. The van der Waals surface area contributed by atoms with Gasteiger partial charge in [0.25, 0.3) is 0 Å². The third kappa shape index (κ3) is 0.852. The summed E-state index contributed by atoms with van der Waals surface area (Å²) in [5.74, 6) is 0.675. The van der Waals surface area contributed by atoms with Gasteiger partial charge in [-0.05, 0) is 11.5 Å². The van der Waals surface area contributed by atoms with E-state index in [1.54, 1.807) is 11.8 Å². The Morgan fingerprint density at radius 2 is 2.50 bits per heavy atom. The van der Waals surface area contributed by atoms with Gasteiger partial charge in [0.05, 0.1) is 0 Å². The van der Waals surface area contributed by atoms with E-state index >= 15 is 0 Å². The summed E-state index contributed by atoms with van der Waals surface area (Å²) < 4.78 is 0.168. The first kappa shape index (κ1) is 7.64. The molecule has 0 aromatic rings. The van der Waals surface area contributed by atoms with Gasteiger partial charge in [0.1, 0.15) is 17.8 Å². The highest BCUT2D eigenvalue weighted by Gasteiger charge is 2.40. The lowest BCUT2D eigenvalue weighted by molar-refractivity contribution is -0.735. The van der Waals surface area contributed by atoms with Gasteiger partial charge in [0.15, 0.2) is 0 Å². The van der Waals surface area contributed by atoms with Crippen molar-refractivity contribution >= 4 is 17.8 Å². The Balaban J connectivity index is 2.47. The molecule has 0 aliphatic carbocycles. The Morgan fingerprint density at radius 3 is 3.17 bits per heavy atom. The van der Waals surface area contributed by atoms with Gasteiger partial charge < -0.3 is 5.73 Å². The van der Waals surface area contributed by atoms with Gasteiger partial charge in [-0.1, -0.05) is 11.8 Å². The molecule has 62 valence electrons. The van der Waals surface area contributed by atoms with Crippen molar-refractivity contribution in [3.63, 3.8) is 0 Å². The average Bonchev–Trinajstić information content (AvgIpc) is 2.48. The molecule has 0 saturated carbocycles. The van der Waals surface area contributed by atoms with Crippen molar-refractivity contribution in [1.29, 1.82) is 0 Å². The van der Waals surface area contributed by atoms with Crippen LogP contribution in [0.15, 0.2) is 35.5 Å². The molecule has 2 rings (SSSR count). The second-order valence-electron chi connectivity index (χ2n) is 2.74. The van der Waals surface area contributed by atoms with Crippen LogP contribution in [-0.4, -0.2) is 16.4 Å². The number of nitrogens with zero attached hydrogens (tertiary/aromatic N) is 1. The number of thioether (sulfide) groups is 1. The standard InChI is InChI=1S/C8H8N2OS/c9-8(11)10-4-1-2-7(10)3-5-12-6-10/h1-5H,6H2,(H-,9,11)/p+1. The van der Waals surface area contributed by atoms with E-state index in [0.29, 0.717) is 5.88 Å². The molecule has 4 heteroatoms. The zero-order valence-electron chi connectivity index (χ0n) is 6.43. The van der Waals surface area contributed by atoms with E-state index < -0.39 is 0 Å². The summed E-state index contributed by atoms with van der Waals surface area (Å²) in [6.45, 7) is 0. The number of nitrogens with two attached hydrogens (primary N) is 1. The SMILES string of the molecule is NC(=O)[N+]12C=CC=C1C=CSC2. The summed E-state index contributed by atoms with van der Waals surface area (Å²) in [4.78, 5) is 11.2. The normalized spacial score (nSPS) is 31.5. The van der Waals surface area contributed by atoms with Crippen LogP contribution < -0.4 is 5.73 Å². The second kappa shape index (κ2) is 2.50. The van der Waals surface area contributed by atoms with Crippen LogP contribution in [-0.2, 0) is 0 Å². The predicted molar refractivity (Wildman–Crippen MR) is 48.7 cm³/mol. The molecule has 1 atom stereocenters. The number of quaternary nitrogens is 1. The molecule has 2 amide bonds. The number of hydrogen-bond acceptors (Lipinski definition) is 2. The van der Waals surface area contributed by atoms with Crippen LogP contribution in [0.5, 0.6) is 0 Å². The maximum atomic E-state index is 11.2. The lowest BCUT2D eigenvalue weighted by Crippen LogP contribution is -2.49. The molecule has 2 N–H and O–H groups in total. The van der Waals surface area contributed by atoms with Crippen LogP contribution in [0.2, 0.25) is 0 Å². The summed E-state index contributed by atoms with van der Waals surface area (Å²) in [7, 11) is 0. The number of carbonyl (C=O) groups excluding carboxylic acids is 1. The number of allylic oxidation sites excluding steroid dienone is 3. The topological polar surface area (TPSA) is 43.1 Å². The molecule has 0 aromatic heterocycles. The number of amides is 2. The van der Waals surface area contributed by atoms with Crippen molar-refractivity contribution in [3.05, 3.63) is 35.5 Å². The van der Waals surface area contributed by atoms with E-state index in [9.17, 15) is 4.79 Å². The monoisotopic (exact) mass is 181 g/mol. The van der Waals surface area contributed by atoms with Gasteiger partial charge in [-0.2, -0.15) is 4.48 Å². The fourth-order valence-corrected chi connectivity index (χ4v) is 2.28. The van der Waals surface area contributed by atoms with E-state index in [1.165, 1.54) is 0 Å². The molecule has 0 spiro atoms. The van der Waals surface area contributed by atoms with Crippen molar-refractivity contribution in [2.75, 3.05) is 5.88 Å². The van der Waals surface area contributed by atoms with Gasteiger partial charge in [0.2, 0.25) is 0 Å². The number of primary amides is 1. The van der Waals surface area contributed by atoms with E-state index in [2.05, 4.69) is 0 Å². The first-order valence-corrected chi connectivity index (χ1v) is 4.66. The highest BCUT2D eigenvalue weighted by Crippen LogP contribution is 2.33. The fraction of sp³-hybridized carbons (Fsp3) is 0.125. The van der Waals surface area contributed by atoms with E-state index in [-0.39, 0.29) is 10.5 Å². The Morgan fingerprint density at radius 1 is 1.67 bits per heavy atom. The molecule has 12 heavy (non-hydrogen) atoms. The quantitative estimate of drug-likeness (QED) is 0.576. The minimum absolute atomic E-state index is 0.168. The first-order valence-electron chi connectivity index (χ1n) is 3.62. The Bertz CT molecular complexity index is 319. The smallest absolute Gasteiger partial charge is 0.318 e. The number of hydrogen-bond donors (Lipinski definition) is 1. The fourth-order valence-electron chi connectivity index (χ4n) is 1.36. The van der Waals surface area contributed by atoms with Crippen LogP contribution >= 0.6 is 11.8 Å². The van der Waals surface area contributed by atoms with Crippen molar-refractivity contribution < 1.29 is 9.28 Å². The van der Waals surface area contributed by atoms with Gasteiger partial charge >= 0.3 is 6.03 Å². The third-order valence-corrected chi connectivity index (χ3v) is 2.96. The van der Waals surface area contributed by atoms with E-state index in [4.69, 9.17) is 5.73 Å². The molecule has 0 radical (unpaired) electrons. The van der Waals surface area contributed by atoms with Crippen LogP contribution in [0.1, 0.15) is 0 Å². The lowest BCUT2D eigenvalue weighted by Gasteiger charge is -2.28. The molecule has 0 aromatic carbocycles. The molecule has 1 unspecified atom stereocenters. The van der Waals surface area contributed by atoms with Gasteiger partial charge in [-0.25, -0.2) is 4.79 Å². The molecule has 2 heterocycles. The largest absolute Gasteiger partial charge is 0.424 e. The van der Waals surface area contributed by atoms with E-state index in [0.717, 1.165) is 5.70 Å². The van der Waals surface area contributed by atoms with Crippen LogP contribution in [0, 0.1) is 0 Å². The van der Waals surface area contributed by atoms with Crippen molar-refractivity contribution in [2.45, 2.75) is 0 Å². The minimum Gasteiger partial charge on any atom is -0.318 e. The van der Waals surface area contributed by atoms with Crippen molar-refractivity contribution in [2.24, 2.45) is 5.73 Å². The highest BCUT2D eigenvalue weighted by atomic mass is 32.2. The Labute approximate surface area is 74.8 Å². The molecule has 2 aliphatic heterocycles. The maximum Gasteiger partial charge on any atom is 0.424 e. The van der Waals surface area contributed by atoms with Crippen molar-refractivity contribution in [3.8, 4) is 0 Å². The number of fused-ring (bicyclic) bond motifs is 1. The van der Waals surface area contributed by atoms with Crippen LogP contribution in [0.3, 0.4) is 0 Å². The summed E-state index contributed by atoms with van der Waals surface area (Å²) in [5, 5.41) is 1.98. The molecule has 3 nitrogen and oxygen atoms in total. The molecule has 2 aliphatic rings. The average molecular weight is 181 g/mol. The van der Waals surface area contributed by atoms with Gasteiger partial charge in [-0.3, -0.25) is 0 Å². The zero-order chi connectivity index (χ0) is 8.60. The molecular formula is C8H9N2OS+. The van der Waals surface area contributed by atoms with Gasteiger partial charge in [0, 0.05) is 12.2 Å². The second-order valence-corrected chi connectivity index (χ2v) is 3.60. The summed E-state index contributed by atoms with van der Waals surface area (Å²) in [6.07, 6.45) is 7.55. The van der Waals surface area contributed by atoms with Crippen molar-refractivity contribution in [1.82, 2.24) is 0 Å². The number of urea groups is 1. The summed E-state index contributed by atoms with van der Waals surface area (Å²) >= 11 is 1.60. The molecular weight excluding hydrogens is 172 g/mol. The van der Waals surface area contributed by atoms with Crippen LogP contribution in [0.25, 0.3) is 0 Å². The van der Waals surface area contributed by atoms with Gasteiger partial charge in [-0.15, -0.1) is 0 Å². The Hall–Kier alpha value is -1.00. The lowest BCUT2D eigenvalue weighted by atomic mass is 10.3.